The minimum Gasteiger partial charge on any atom is -0.324 e. The average molecular weight is 354 g/mol. The molecule has 2 amide bonds. The lowest BCUT2D eigenvalue weighted by Crippen LogP contribution is -2.38. The number of nitrogens with zero attached hydrogens (tertiary/aromatic N) is 1. The summed E-state index contributed by atoms with van der Waals surface area (Å²) in [6, 6.07) is 13.7. The van der Waals surface area contributed by atoms with Crippen LogP contribution in [0.4, 0.5) is 11.4 Å². The molecular formula is C20H22N2O2S. The Kier molecular flexibility index (Phi) is 5.13. The number of fused-ring (bicyclic) bond motifs is 1. The second kappa shape index (κ2) is 7.31. The number of benzene rings is 2. The highest BCUT2D eigenvalue weighted by Gasteiger charge is 2.27. The zero-order valence-electron chi connectivity index (χ0n) is 14.7. The molecule has 1 heterocycles. The van der Waals surface area contributed by atoms with Crippen molar-refractivity contribution in [3.8, 4) is 0 Å². The van der Waals surface area contributed by atoms with Crippen LogP contribution >= 0.6 is 11.8 Å². The number of anilines is 2. The van der Waals surface area contributed by atoms with Crippen molar-refractivity contribution in [3.63, 3.8) is 0 Å². The zero-order valence-corrected chi connectivity index (χ0v) is 15.5. The third kappa shape index (κ3) is 4.04. The van der Waals surface area contributed by atoms with Gasteiger partial charge in [0.15, 0.2) is 0 Å². The molecule has 1 atom stereocenters. The summed E-state index contributed by atoms with van der Waals surface area (Å²) in [7, 11) is 0. The van der Waals surface area contributed by atoms with E-state index in [1.807, 2.05) is 63.2 Å². The molecule has 0 spiro atoms. The quantitative estimate of drug-likeness (QED) is 0.900. The molecule has 2 aromatic carbocycles. The van der Waals surface area contributed by atoms with Crippen LogP contribution in [0.5, 0.6) is 0 Å². The Morgan fingerprint density at radius 3 is 2.76 bits per heavy atom. The maximum absolute atomic E-state index is 12.6. The SMILES string of the molecule is Cc1ccc(NC(=O)CN2C(=O)C[C@H](C)Sc3ccccc32)c(C)c1. The number of thioether (sulfide) groups is 1. The van der Waals surface area contributed by atoms with Crippen molar-refractivity contribution in [3.05, 3.63) is 53.6 Å². The molecule has 1 aliphatic rings. The maximum atomic E-state index is 12.6. The van der Waals surface area contributed by atoms with E-state index in [2.05, 4.69) is 5.32 Å². The highest BCUT2D eigenvalue weighted by molar-refractivity contribution is 8.00. The molecule has 1 N–H and O–H groups in total. The van der Waals surface area contributed by atoms with Gasteiger partial charge >= 0.3 is 0 Å². The van der Waals surface area contributed by atoms with E-state index in [0.29, 0.717) is 6.42 Å². The molecule has 0 unspecified atom stereocenters. The molecule has 130 valence electrons. The zero-order chi connectivity index (χ0) is 18.0. The van der Waals surface area contributed by atoms with E-state index < -0.39 is 0 Å². The summed E-state index contributed by atoms with van der Waals surface area (Å²) in [6.45, 7) is 6.05. The molecule has 0 saturated heterocycles. The molecule has 0 saturated carbocycles. The van der Waals surface area contributed by atoms with E-state index in [0.717, 1.165) is 27.4 Å². The monoisotopic (exact) mass is 354 g/mol. The van der Waals surface area contributed by atoms with Gasteiger partial charge in [-0.2, -0.15) is 0 Å². The van der Waals surface area contributed by atoms with Crippen molar-refractivity contribution >= 4 is 35.0 Å². The van der Waals surface area contributed by atoms with E-state index >= 15 is 0 Å². The highest BCUT2D eigenvalue weighted by Crippen LogP contribution is 2.37. The van der Waals surface area contributed by atoms with Gasteiger partial charge in [0, 0.05) is 22.3 Å². The Balaban J connectivity index is 1.81. The predicted octanol–water partition coefficient (Wildman–Crippen LogP) is 4.16. The Hall–Kier alpha value is -2.27. The van der Waals surface area contributed by atoms with Crippen LogP contribution in [0.2, 0.25) is 0 Å². The van der Waals surface area contributed by atoms with E-state index in [4.69, 9.17) is 0 Å². The Labute approximate surface area is 152 Å². The number of hydrogen-bond acceptors (Lipinski definition) is 3. The van der Waals surface area contributed by atoms with Crippen molar-refractivity contribution in [1.82, 2.24) is 0 Å². The second-order valence-electron chi connectivity index (χ2n) is 6.45. The smallest absolute Gasteiger partial charge is 0.244 e. The Morgan fingerprint density at radius 1 is 1.24 bits per heavy atom. The minimum atomic E-state index is -0.186. The lowest BCUT2D eigenvalue weighted by molar-refractivity contribution is -0.121. The lowest BCUT2D eigenvalue weighted by atomic mass is 10.1. The van der Waals surface area contributed by atoms with Crippen molar-refractivity contribution in [2.24, 2.45) is 0 Å². The van der Waals surface area contributed by atoms with Crippen LogP contribution in [0.1, 0.15) is 24.5 Å². The van der Waals surface area contributed by atoms with Crippen molar-refractivity contribution in [1.29, 1.82) is 0 Å². The van der Waals surface area contributed by atoms with Crippen LogP contribution in [0.3, 0.4) is 0 Å². The lowest BCUT2D eigenvalue weighted by Gasteiger charge is -2.22. The number of hydrogen-bond donors (Lipinski definition) is 1. The molecule has 0 aliphatic carbocycles. The first-order chi connectivity index (χ1) is 11.9. The number of amides is 2. The summed E-state index contributed by atoms with van der Waals surface area (Å²) in [5, 5.41) is 3.12. The summed E-state index contributed by atoms with van der Waals surface area (Å²) in [6.07, 6.45) is 0.427. The van der Waals surface area contributed by atoms with Crippen LogP contribution in [0.25, 0.3) is 0 Å². The van der Waals surface area contributed by atoms with Crippen molar-refractivity contribution in [2.75, 3.05) is 16.8 Å². The van der Waals surface area contributed by atoms with Crippen LogP contribution in [0.15, 0.2) is 47.4 Å². The molecule has 3 rings (SSSR count). The molecule has 0 bridgehead atoms. The first kappa shape index (κ1) is 17.5. The molecule has 0 radical (unpaired) electrons. The van der Waals surface area contributed by atoms with Gasteiger partial charge in [0.2, 0.25) is 11.8 Å². The minimum absolute atomic E-state index is 0.0132. The molecular weight excluding hydrogens is 332 g/mol. The van der Waals surface area contributed by atoms with Crippen molar-refractivity contribution < 1.29 is 9.59 Å². The molecule has 5 heteroatoms. The molecule has 1 aliphatic heterocycles. The number of carbonyl (C=O) groups excluding carboxylic acids is 2. The first-order valence-electron chi connectivity index (χ1n) is 8.37. The fourth-order valence-corrected chi connectivity index (χ4v) is 4.10. The van der Waals surface area contributed by atoms with Crippen LogP contribution < -0.4 is 10.2 Å². The average Bonchev–Trinajstić information content (AvgIpc) is 2.66. The number of para-hydroxylation sites is 1. The third-order valence-electron chi connectivity index (χ3n) is 4.21. The van der Waals surface area contributed by atoms with E-state index in [-0.39, 0.29) is 23.6 Å². The topological polar surface area (TPSA) is 49.4 Å². The second-order valence-corrected chi connectivity index (χ2v) is 7.93. The van der Waals surface area contributed by atoms with Gasteiger partial charge in [-0.15, -0.1) is 11.8 Å². The van der Waals surface area contributed by atoms with Gasteiger partial charge in [-0.1, -0.05) is 36.8 Å². The number of nitrogens with one attached hydrogen (secondary N) is 1. The highest BCUT2D eigenvalue weighted by atomic mass is 32.2. The Morgan fingerprint density at radius 2 is 2.00 bits per heavy atom. The summed E-state index contributed by atoms with van der Waals surface area (Å²) in [5.41, 5.74) is 3.77. The Bertz CT molecular complexity index is 819. The summed E-state index contributed by atoms with van der Waals surface area (Å²) < 4.78 is 0. The fraction of sp³-hybridized carbons (Fsp3) is 0.300. The maximum Gasteiger partial charge on any atom is 0.244 e. The molecule has 25 heavy (non-hydrogen) atoms. The van der Waals surface area contributed by atoms with Crippen LogP contribution in [0, 0.1) is 13.8 Å². The standard InChI is InChI=1S/C20H22N2O2S/c1-13-8-9-16(14(2)10-13)21-19(23)12-22-17-6-4-5-7-18(17)25-15(3)11-20(22)24/h4-10,15H,11-12H2,1-3H3,(H,21,23)/t15-/m0/s1. The summed E-state index contributed by atoms with van der Waals surface area (Å²) in [4.78, 5) is 27.8. The molecule has 0 aromatic heterocycles. The summed E-state index contributed by atoms with van der Waals surface area (Å²) >= 11 is 1.68. The first-order valence-corrected chi connectivity index (χ1v) is 9.25. The van der Waals surface area contributed by atoms with Crippen molar-refractivity contribution in [2.45, 2.75) is 37.3 Å². The van der Waals surface area contributed by atoms with E-state index in [9.17, 15) is 9.59 Å². The largest absolute Gasteiger partial charge is 0.324 e. The summed E-state index contributed by atoms with van der Waals surface area (Å²) in [5.74, 6) is -0.199. The van der Waals surface area contributed by atoms with Gasteiger partial charge in [0.25, 0.3) is 0 Å². The molecule has 2 aromatic rings. The van der Waals surface area contributed by atoms with Crippen LogP contribution in [-0.4, -0.2) is 23.6 Å². The predicted molar refractivity (Wildman–Crippen MR) is 103 cm³/mol. The number of carbonyl (C=O) groups is 2. The van der Waals surface area contributed by atoms with Gasteiger partial charge in [-0.3, -0.25) is 9.59 Å². The van der Waals surface area contributed by atoms with Gasteiger partial charge in [-0.05, 0) is 37.6 Å². The normalized spacial score (nSPS) is 17.0. The van der Waals surface area contributed by atoms with Gasteiger partial charge in [-0.25, -0.2) is 0 Å². The molecule has 0 fully saturated rings. The van der Waals surface area contributed by atoms with Crippen LogP contribution in [-0.2, 0) is 9.59 Å². The number of aryl methyl sites for hydroxylation is 2. The number of rotatable bonds is 3. The van der Waals surface area contributed by atoms with E-state index in [1.165, 1.54) is 0 Å². The van der Waals surface area contributed by atoms with E-state index in [1.54, 1.807) is 16.7 Å². The third-order valence-corrected chi connectivity index (χ3v) is 5.37. The van der Waals surface area contributed by atoms with Gasteiger partial charge in [0.1, 0.15) is 6.54 Å². The van der Waals surface area contributed by atoms with Gasteiger partial charge in [0.05, 0.1) is 5.69 Å². The molecule has 4 nitrogen and oxygen atoms in total. The fourth-order valence-electron chi connectivity index (χ4n) is 2.99. The van der Waals surface area contributed by atoms with Gasteiger partial charge < -0.3 is 10.2 Å².